The molecule has 1 fully saturated rings. The summed E-state index contributed by atoms with van der Waals surface area (Å²) in [5.74, 6) is -1.07. The minimum Gasteiger partial charge on any atom is -0.373 e. The highest BCUT2D eigenvalue weighted by Gasteiger charge is 2.36. The van der Waals surface area contributed by atoms with E-state index < -0.39 is 12.0 Å². The number of H-pyrrole nitrogens is 2. The molecule has 0 amide bonds. The standard InChI is InChI=1S/C16H13F3N8O/c17-16(18,19)14-24-13(25-26-14)11-12(9-5-20-7-22-9)27-6-8(4-21-15(27)23-11)10-2-1-3-28-10/h4-7,10H,1-3H2,(H,20,22)(H,24,25,26). The Morgan fingerprint density at radius 2 is 2.11 bits per heavy atom. The number of fused-ring (bicyclic) bond motifs is 1. The van der Waals surface area contributed by atoms with Crippen LogP contribution in [0.2, 0.25) is 0 Å². The third-order valence-electron chi connectivity index (χ3n) is 4.52. The lowest BCUT2D eigenvalue weighted by Gasteiger charge is -2.10. The molecule has 1 atom stereocenters. The van der Waals surface area contributed by atoms with Crippen LogP contribution in [-0.4, -0.2) is 46.1 Å². The highest BCUT2D eigenvalue weighted by Crippen LogP contribution is 2.34. The number of ether oxygens (including phenoxy) is 1. The van der Waals surface area contributed by atoms with Crippen LogP contribution in [0.1, 0.15) is 30.3 Å². The number of alkyl halides is 3. The number of aromatic amines is 2. The van der Waals surface area contributed by atoms with Gasteiger partial charge in [0.05, 0.1) is 24.3 Å². The van der Waals surface area contributed by atoms with Gasteiger partial charge in [-0.2, -0.15) is 18.3 Å². The highest BCUT2D eigenvalue weighted by atomic mass is 19.4. The molecule has 0 aromatic carbocycles. The summed E-state index contributed by atoms with van der Waals surface area (Å²) in [5.41, 5.74) is 2.04. The average Bonchev–Trinajstić information content (AvgIpc) is 3.47. The number of nitrogens with one attached hydrogen (secondary N) is 2. The number of imidazole rings is 2. The van der Waals surface area contributed by atoms with Crippen LogP contribution in [0.25, 0.3) is 28.7 Å². The van der Waals surface area contributed by atoms with Crippen LogP contribution in [0.3, 0.4) is 0 Å². The van der Waals surface area contributed by atoms with E-state index in [1.54, 1.807) is 16.8 Å². The van der Waals surface area contributed by atoms with Gasteiger partial charge in [-0.1, -0.05) is 0 Å². The van der Waals surface area contributed by atoms with Crippen molar-refractivity contribution in [3.63, 3.8) is 0 Å². The van der Waals surface area contributed by atoms with Crippen molar-refractivity contribution in [2.24, 2.45) is 0 Å². The summed E-state index contributed by atoms with van der Waals surface area (Å²) in [7, 11) is 0. The van der Waals surface area contributed by atoms with Gasteiger partial charge in [-0.15, -0.1) is 0 Å². The highest BCUT2D eigenvalue weighted by molar-refractivity contribution is 5.76. The quantitative estimate of drug-likeness (QED) is 0.557. The van der Waals surface area contributed by atoms with E-state index in [9.17, 15) is 13.2 Å². The molecule has 12 heteroatoms. The third kappa shape index (κ3) is 2.72. The molecule has 1 saturated heterocycles. The number of nitrogens with zero attached hydrogens (tertiary/aromatic N) is 6. The Hall–Kier alpha value is -3.28. The van der Waals surface area contributed by atoms with Gasteiger partial charge in [-0.05, 0) is 12.8 Å². The van der Waals surface area contributed by atoms with Crippen molar-refractivity contribution in [2.45, 2.75) is 25.1 Å². The number of rotatable bonds is 3. The smallest absolute Gasteiger partial charge is 0.373 e. The number of halogens is 3. The van der Waals surface area contributed by atoms with E-state index in [2.05, 4.69) is 30.0 Å². The lowest BCUT2D eigenvalue weighted by Crippen LogP contribution is -2.07. The zero-order valence-electron chi connectivity index (χ0n) is 14.2. The molecule has 0 aliphatic carbocycles. The molecule has 0 spiro atoms. The van der Waals surface area contributed by atoms with Crippen molar-refractivity contribution in [1.82, 2.24) is 39.5 Å². The molecule has 1 aliphatic rings. The second-order valence-electron chi connectivity index (χ2n) is 6.34. The lowest BCUT2D eigenvalue weighted by molar-refractivity contribution is -0.144. The Bertz CT molecular complexity index is 1120. The van der Waals surface area contributed by atoms with Gasteiger partial charge < -0.3 is 9.72 Å². The normalized spacial score (nSPS) is 17.6. The summed E-state index contributed by atoms with van der Waals surface area (Å²) in [4.78, 5) is 19.2. The molecule has 28 heavy (non-hydrogen) atoms. The Labute approximate surface area is 155 Å². The van der Waals surface area contributed by atoms with Gasteiger partial charge in [-0.25, -0.2) is 19.9 Å². The molecular formula is C16H13F3N8O. The number of hydrogen-bond donors (Lipinski definition) is 2. The van der Waals surface area contributed by atoms with E-state index in [4.69, 9.17) is 4.74 Å². The monoisotopic (exact) mass is 390 g/mol. The Morgan fingerprint density at radius 3 is 2.79 bits per heavy atom. The van der Waals surface area contributed by atoms with E-state index >= 15 is 0 Å². The first-order valence-electron chi connectivity index (χ1n) is 8.49. The predicted molar refractivity (Wildman–Crippen MR) is 88.9 cm³/mol. The van der Waals surface area contributed by atoms with E-state index in [1.807, 2.05) is 11.3 Å². The van der Waals surface area contributed by atoms with Gasteiger partial charge in [-0.3, -0.25) is 9.50 Å². The molecule has 0 saturated carbocycles. The van der Waals surface area contributed by atoms with Crippen molar-refractivity contribution < 1.29 is 17.9 Å². The fraction of sp³-hybridized carbons (Fsp3) is 0.312. The minimum absolute atomic E-state index is 0.0716. The number of hydrogen-bond acceptors (Lipinski definition) is 6. The molecule has 0 radical (unpaired) electrons. The summed E-state index contributed by atoms with van der Waals surface area (Å²) >= 11 is 0. The van der Waals surface area contributed by atoms with Gasteiger partial charge >= 0.3 is 6.18 Å². The van der Waals surface area contributed by atoms with E-state index in [0.717, 1.165) is 18.4 Å². The third-order valence-corrected chi connectivity index (χ3v) is 4.52. The molecule has 4 aromatic heterocycles. The number of aromatic nitrogens is 8. The van der Waals surface area contributed by atoms with Gasteiger partial charge in [0.2, 0.25) is 17.4 Å². The maximum absolute atomic E-state index is 12.9. The summed E-state index contributed by atoms with van der Waals surface area (Å²) < 4.78 is 46.1. The molecule has 9 nitrogen and oxygen atoms in total. The van der Waals surface area contributed by atoms with Gasteiger partial charge in [0.25, 0.3) is 0 Å². The topological polar surface area (TPSA) is 110 Å². The first-order valence-corrected chi connectivity index (χ1v) is 8.49. The summed E-state index contributed by atoms with van der Waals surface area (Å²) in [6, 6.07) is 0. The largest absolute Gasteiger partial charge is 0.451 e. The maximum Gasteiger partial charge on any atom is 0.451 e. The van der Waals surface area contributed by atoms with Gasteiger partial charge in [0.1, 0.15) is 11.4 Å². The second kappa shape index (κ2) is 6.12. The van der Waals surface area contributed by atoms with Crippen LogP contribution in [0.15, 0.2) is 24.9 Å². The molecule has 1 aliphatic heterocycles. The molecule has 5 heterocycles. The summed E-state index contributed by atoms with van der Waals surface area (Å²) in [6.07, 6.45) is 3.63. The van der Waals surface area contributed by atoms with Crippen LogP contribution < -0.4 is 0 Å². The van der Waals surface area contributed by atoms with Crippen molar-refractivity contribution in [2.75, 3.05) is 6.61 Å². The molecular weight excluding hydrogens is 377 g/mol. The van der Waals surface area contributed by atoms with Crippen LogP contribution >= 0.6 is 0 Å². The van der Waals surface area contributed by atoms with Crippen LogP contribution in [0, 0.1) is 0 Å². The fourth-order valence-corrected chi connectivity index (χ4v) is 3.25. The Balaban J connectivity index is 1.70. The van der Waals surface area contributed by atoms with Crippen LogP contribution in [0.4, 0.5) is 13.2 Å². The molecule has 4 aromatic rings. The van der Waals surface area contributed by atoms with Crippen LogP contribution in [-0.2, 0) is 10.9 Å². The Morgan fingerprint density at radius 1 is 1.21 bits per heavy atom. The average molecular weight is 390 g/mol. The van der Waals surface area contributed by atoms with E-state index in [-0.39, 0.29) is 17.6 Å². The first-order chi connectivity index (χ1) is 13.5. The molecule has 2 N–H and O–H groups in total. The van der Waals surface area contributed by atoms with E-state index in [1.165, 1.54) is 6.33 Å². The van der Waals surface area contributed by atoms with E-state index in [0.29, 0.717) is 23.8 Å². The molecule has 5 rings (SSSR count). The molecule has 1 unspecified atom stereocenters. The first kappa shape index (κ1) is 16.9. The zero-order chi connectivity index (χ0) is 19.3. The fourth-order valence-electron chi connectivity index (χ4n) is 3.25. The van der Waals surface area contributed by atoms with Crippen molar-refractivity contribution in [3.8, 4) is 22.9 Å². The molecule has 0 bridgehead atoms. The SMILES string of the molecule is FC(F)(F)c1nc(-c2nc3ncc(C4CCCO4)cn3c2-c2cnc[nH]2)n[nH]1. The Kier molecular flexibility index (Phi) is 3.69. The van der Waals surface area contributed by atoms with Crippen molar-refractivity contribution in [1.29, 1.82) is 0 Å². The molecule has 144 valence electrons. The second-order valence-corrected chi connectivity index (χ2v) is 6.34. The van der Waals surface area contributed by atoms with Gasteiger partial charge in [0.15, 0.2) is 0 Å². The summed E-state index contributed by atoms with van der Waals surface area (Å²) in [5, 5.41) is 5.62. The van der Waals surface area contributed by atoms with Crippen LogP contribution in [0.5, 0.6) is 0 Å². The minimum atomic E-state index is -4.64. The maximum atomic E-state index is 12.9. The lowest BCUT2D eigenvalue weighted by atomic mass is 10.1. The predicted octanol–water partition coefficient (Wildman–Crippen LogP) is 2.77. The van der Waals surface area contributed by atoms with Crippen molar-refractivity contribution in [3.05, 3.63) is 36.3 Å². The van der Waals surface area contributed by atoms with Gasteiger partial charge in [0, 0.05) is 24.6 Å². The zero-order valence-corrected chi connectivity index (χ0v) is 14.2. The summed E-state index contributed by atoms with van der Waals surface area (Å²) in [6.45, 7) is 0.683. The van der Waals surface area contributed by atoms with Crippen molar-refractivity contribution >= 4 is 5.78 Å².